The standard InChI is InChI=1S/C16H17N3OS/c1-9-4-5-14-13(6-9)12(11(3)18-14)7-15(20)19-16-17-10(2)8-21-16/h4-6,8,18H,7H2,1-3H3,(H,17,19,20). The highest BCUT2D eigenvalue weighted by Gasteiger charge is 2.13. The molecule has 0 saturated heterocycles. The zero-order chi connectivity index (χ0) is 15.0. The monoisotopic (exact) mass is 299 g/mol. The van der Waals surface area contributed by atoms with Crippen LogP contribution in [-0.4, -0.2) is 15.9 Å². The van der Waals surface area contributed by atoms with Gasteiger partial charge in [-0.25, -0.2) is 4.98 Å². The van der Waals surface area contributed by atoms with E-state index in [4.69, 9.17) is 0 Å². The van der Waals surface area contributed by atoms with Crippen molar-refractivity contribution in [1.82, 2.24) is 9.97 Å². The van der Waals surface area contributed by atoms with E-state index in [1.165, 1.54) is 16.9 Å². The lowest BCUT2D eigenvalue weighted by Gasteiger charge is -2.03. The number of H-pyrrole nitrogens is 1. The second-order valence-electron chi connectivity index (χ2n) is 5.30. The second-order valence-corrected chi connectivity index (χ2v) is 6.15. The van der Waals surface area contributed by atoms with Crippen LogP contribution in [0.15, 0.2) is 23.6 Å². The summed E-state index contributed by atoms with van der Waals surface area (Å²) in [6.07, 6.45) is 0.355. The Hall–Kier alpha value is -2.14. The van der Waals surface area contributed by atoms with Crippen molar-refractivity contribution in [2.75, 3.05) is 5.32 Å². The van der Waals surface area contributed by atoms with E-state index in [9.17, 15) is 4.79 Å². The molecule has 3 rings (SSSR count). The fraction of sp³-hybridized carbons (Fsp3) is 0.250. The molecule has 3 aromatic rings. The molecule has 0 atom stereocenters. The minimum atomic E-state index is -0.0325. The fourth-order valence-corrected chi connectivity index (χ4v) is 3.16. The molecule has 0 radical (unpaired) electrons. The van der Waals surface area contributed by atoms with E-state index >= 15 is 0 Å². The van der Waals surface area contributed by atoms with Crippen LogP contribution in [0, 0.1) is 20.8 Å². The van der Waals surface area contributed by atoms with Gasteiger partial charge in [-0.3, -0.25) is 4.79 Å². The molecule has 1 amide bonds. The van der Waals surface area contributed by atoms with E-state index in [2.05, 4.69) is 40.4 Å². The summed E-state index contributed by atoms with van der Waals surface area (Å²) in [4.78, 5) is 19.8. The number of fused-ring (bicyclic) bond motifs is 1. The topological polar surface area (TPSA) is 57.8 Å². The number of benzene rings is 1. The van der Waals surface area contributed by atoms with Crippen LogP contribution in [0.4, 0.5) is 5.13 Å². The number of anilines is 1. The summed E-state index contributed by atoms with van der Waals surface area (Å²) in [5.41, 5.74) is 5.29. The van der Waals surface area contributed by atoms with Gasteiger partial charge in [-0.05, 0) is 38.5 Å². The first-order valence-electron chi connectivity index (χ1n) is 6.82. The Morgan fingerprint density at radius 1 is 1.33 bits per heavy atom. The third-order valence-corrected chi connectivity index (χ3v) is 4.35. The van der Waals surface area contributed by atoms with Gasteiger partial charge < -0.3 is 10.3 Å². The highest BCUT2D eigenvalue weighted by atomic mass is 32.1. The molecule has 0 spiro atoms. The van der Waals surface area contributed by atoms with Crippen LogP contribution in [0.5, 0.6) is 0 Å². The number of carbonyl (C=O) groups excluding carboxylic acids is 1. The van der Waals surface area contributed by atoms with Gasteiger partial charge in [0.2, 0.25) is 5.91 Å². The van der Waals surface area contributed by atoms with Crippen molar-refractivity contribution < 1.29 is 4.79 Å². The number of carbonyl (C=O) groups is 1. The number of thiazole rings is 1. The van der Waals surface area contributed by atoms with E-state index < -0.39 is 0 Å². The average molecular weight is 299 g/mol. The largest absolute Gasteiger partial charge is 0.358 e. The van der Waals surface area contributed by atoms with Crippen molar-refractivity contribution in [1.29, 1.82) is 0 Å². The number of rotatable bonds is 3. The van der Waals surface area contributed by atoms with Crippen LogP contribution in [-0.2, 0) is 11.2 Å². The van der Waals surface area contributed by atoms with E-state index in [0.717, 1.165) is 27.9 Å². The van der Waals surface area contributed by atoms with Crippen molar-refractivity contribution >= 4 is 33.3 Å². The molecule has 5 heteroatoms. The molecular weight excluding hydrogens is 282 g/mol. The lowest BCUT2D eigenvalue weighted by Crippen LogP contribution is -2.14. The van der Waals surface area contributed by atoms with Crippen molar-refractivity contribution in [3.05, 3.63) is 46.1 Å². The summed E-state index contributed by atoms with van der Waals surface area (Å²) in [5, 5.41) is 6.57. The zero-order valence-corrected chi connectivity index (χ0v) is 13.1. The van der Waals surface area contributed by atoms with Crippen LogP contribution in [0.2, 0.25) is 0 Å². The predicted molar refractivity (Wildman–Crippen MR) is 87.0 cm³/mol. The number of hydrogen-bond donors (Lipinski definition) is 2. The summed E-state index contributed by atoms with van der Waals surface area (Å²) >= 11 is 1.45. The fourth-order valence-electron chi connectivity index (χ4n) is 2.46. The number of aromatic amines is 1. The van der Waals surface area contributed by atoms with Gasteiger partial charge in [0.15, 0.2) is 5.13 Å². The average Bonchev–Trinajstić information content (AvgIpc) is 2.95. The van der Waals surface area contributed by atoms with Gasteiger partial charge in [0.25, 0.3) is 0 Å². The molecule has 1 aromatic carbocycles. The minimum Gasteiger partial charge on any atom is -0.358 e. The number of amides is 1. The Morgan fingerprint density at radius 3 is 2.86 bits per heavy atom. The van der Waals surface area contributed by atoms with Crippen LogP contribution in [0.25, 0.3) is 10.9 Å². The van der Waals surface area contributed by atoms with Crippen LogP contribution in [0.3, 0.4) is 0 Å². The SMILES string of the molecule is Cc1ccc2[nH]c(C)c(CC(=O)Nc3nc(C)cs3)c2c1. The summed E-state index contributed by atoms with van der Waals surface area (Å²) in [5.74, 6) is -0.0325. The zero-order valence-electron chi connectivity index (χ0n) is 12.3. The first kappa shape index (κ1) is 13.8. The third-order valence-electron chi connectivity index (χ3n) is 3.48. The molecule has 108 valence electrons. The van der Waals surface area contributed by atoms with Crippen molar-refractivity contribution in [2.45, 2.75) is 27.2 Å². The maximum atomic E-state index is 12.2. The number of nitrogens with zero attached hydrogens (tertiary/aromatic N) is 1. The molecule has 2 N–H and O–H groups in total. The predicted octanol–water partition coefficient (Wildman–Crippen LogP) is 3.73. The first-order valence-corrected chi connectivity index (χ1v) is 7.70. The molecule has 0 unspecified atom stereocenters. The molecule has 2 heterocycles. The Labute approximate surface area is 127 Å². The van der Waals surface area contributed by atoms with Crippen molar-refractivity contribution in [3.8, 4) is 0 Å². The van der Waals surface area contributed by atoms with Gasteiger partial charge in [-0.2, -0.15) is 0 Å². The molecule has 4 nitrogen and oxygen atoms in total. The van der Waals surface area contributed by atoms with Gasteiger partial charge in [-0.1, -0.05) is 11.6 Å². The second kappa shape index (κ2) is 5.33. The molecule has 0 aliphatic rings. The van der Waals surface area contributed by atoms with Crippen LogP contribution < -0.4 is 5.32 Å². The van der Waals surface area contributed by atoms with Gasteiger partial charge >= 0.3 is 0 Å². The Kier molecular flexibility index (Phi) is 3.51. The first-order chi connectivity index (χ1) is 10.0. The summed E-state index contributed by atoms with van der Waals surface area (Å²) in [6, 6.07) is 6.25. The van der Waals surface area contributed by atoms with E-state index in [1.54, 1.807) is 0 Å². The van der Waals surface area contributed by atoms with Crippen LogP contribution >= 0.6 is 11.3 Å². The van der Waals surface area contributed by atoms with Crippen molar-refractivity contribution in [3.63, 3.8) is 0 Å². The highest BCUT2D eigenvalue weighted by Crippen LogP contribution is 2.24. The third kappa shape index (κ3) is 2.83. The Bertz CT molecular complexity index is 816. The van der Waals surface area contributed by atoms with Crippen LogP contribution in [0.1, 0.15) is 22.5 Å². The van der Waals surface area contributed by atoms with Gasteiger partial charge in [-0.15, -0.1) is 11.3 Å². The number of aryl methyl sites for hydroxylation is 3. The Morgan fingerprint density at radius 2 is 2.14 bits per heavy atom. The quantitative estimate of drug-likeness (QED) is 0.774. The normalized spacial score (nSPS) is 11.0. The smallest absolute Gasteiger partial charge is 0.230 e. The highest BCUT2D eigenvalue weighted by molar-refractivity contribution is 7.13. The maximum Gasteiger partial charge on any atom is 0.230 e. The minimum absolute atomic E-state index is 0.0325. The lowest BCUT2D eigenvalue weighted by atomic mass is 10.1. The van der Waals surface area contributed by atoms with E-state index in [1.807, 2.05) is 19.2 Å². The Balaban J connectivity index is 1.85. The lowest BCUT2D eigenvalue weighted by molar-refractivity contribution is -0.115. The van der Waals surface area contributed by atoms with Gasteiger partial charge in [0, 0.05) is 22.0 Å². The molecule has 2 aromatic heterocycles. The van der Waals surface area contributed by atoms with Gasteiger partial charge in [0.1, 0.15) is 0 Å². The molecule has 0 bridgehead atoms. The molecule has 0 aliphatic heterocycles. The number of aromatic nitrogens is 2. The molecule has 0 aliphatic carbocycles. The van der Waals surface area contributed by atoms with Gasteiger partial charge in [0.05, 0.1) is 12.1 Å². The maximum absolute atomic E-state index is 12.2. The van der Waals surface area contributed by atoms with E-state index in [0.29, 0.717) is 11.6 Å². The van der Waals surface area contributed by atoms with Crippen molar-refractivity contribution in [2.24, 2.45) is 0 Å². The molecule has 21 heavy (non-hydrogen) atoms. The number of hydrogen-bond acceptors (Lipinski definition) is 3. The molecular formula is C16H17N3OS. The molecule has 0 fully saturated rings. The summed E-state index contributed by atoms with van der Waals surface area (Å²) in [6.45, 7) is 5.98. The number of nitrogens with one attached hydrogen (secondary N) is 2. The molecule has 0 saturated carbocycles. The summed E-state index contributed by atoms with van der Waals surface area (Å²) in [7, 11) is 0. The van der Waals surface area contributed by atoms with E-state index in [-0.39, 0.29) is 5.91 Å². The summed E-state index contributed by atoms with van der Waals surface area (Å²) < 4.78 is 0.